The summed E-state index contributed by atoms with van der Waals surface area (Å²) in [6.07, 6.45) is -3.93. The fraction of sp³-hybridized carbons (Fsp3) is 0.385. The van der Waals surface area contributed by atoms with Gasteiger partial charge >= 0.3 is 12.2 Å². The third-order valence-corrected chi connectivity index (χ3v) is 3.97. The largest absolute Gasteiger partial charge is 0.417 e. The van der Waals surface area contributed by atoms with E-state index in [-0.39, 0.29) is 23.0 Å². The van der Waals surface area contributed by atoms with Crippen LogP contribution in [0.5, 0.6) is 0 Å². The number of carbonyl (C=O) groups is 2. The van der Waals surface area contributed by atoms with Gasteiger partial charge in [-0.25, -0.2) is 4.79 Å². The Morgan fingerprint density at radius 2 is 2.08 bits per heavy atom. The lowest BCUT2D eigenvalue weighted by Crippen LogP contribution is -2.62. The van der Waals surface area contributed by atoms with Gasteiger partial charge in [-0.15, -0.1) is 10.2 Å². The second-order valence-electron chi connectivity index (χ2n) is 5.71. The minimum Gasteiger partial charge on any atom is -0.378 e. The van der Waals surface area contributed by atoms with Crippen molar-refractivity contribution in [1.29, 1.82) is 0 Å². The third-order valence-electron chi connectivity index (χ3n) is 3.69. The molecule has 0 radical (unpaired) electrons. The van der Waals surface area contributed by atoms with Gasteiger partial charge < -0.3 is 10.4 Å². The van der Waals surface area contributed by atoms with Crippen LogP contribution in [0.1, 0.15) is 18.3 Å². The maximum atomic E-state index is 12.9. The summed E-state index contributed by atoms with van der Waals surface area (Å²) in [6, 6.07) is -0.0924. The Morgan fingerprint density at radius 3 is 2.72 bits per heavy atom. The van der Waals surface area contributed by atoms with Crippen LogP contribution in [-0.2, 0) is 17.5 Å². The first kappa shape index (κ1) is 17.4. The fourth-order valence-corrected chi connectivity index (χ4v) is 2.60. The highest BCUT2D eigenvalue weighted by atomic mass is 35.5. The highest BCUT2D eigenvalue weighted by Gasteiger charge is 2.42. The van der Waals surface area contributed by atoms with Crippen molar-refractivity contribution in [1.82, 2.24) is 24.8 Å². The molecule has 25 heavy (non-hydrogen) atoms. The van der Waals surface area contributed by atoms with Crippen molar-refractivity contribution >= 4 is 29.2 Å². The van der Waals surface area contributed by atoms with E-state index in [0.29, 0.717) is 11.0 Å². The van der Waals surface area contributed by atoms with E-state index < -0.39 is 35.8 Å². The molecule has 1 saturated heterocycles. The number of hydrogen-bond donors (Lipinski definition) is 2. The smallest absolute Gasteiger partial charge is 0.378 e. The Hall–Kier alpha value is -2.40. The summed E-state index contributed by atoms with van der Waals surface area (Å²) >= 11 is 5.80. The summed E-state index contributed by atoms with van der Waals surface area (Å²) in [7, 11) is 0. The van der Waals surface area contributed by atoms with Gasteiger partial charge in [-0.3, -0.25) is 14.1 Å². The number of hydrogen-bond acceptors (Lipinski definition) is 5. The minimum absolute atomic E-state index is 0.0544. The van der Waals surface area contributed by atoms with E-state index in [4.69, 9.17) is 11.6 Å². The van der Waals surface area contributed by atoms with Crippen LogP contribution in [0.4, 0.5) is 18.0 Å². The molecule has 3 heterocycles. The van der Waals surface area contributed by atoms with Crippen molar-refractivity contribution in [2.24, 2.45) is 0 Å². The van der Waals surface area contributed by atoms with E-state index in [1.54, 1.807) is 0 Å². The second-order valence-corrected chi connectivity index (χ2v) is 6.12. The molecule has 2 aromatic heterocycles. The molecule has 8 nitrogen and oxygen atoms in total. The van der Waals surface area contributed by atoms with Gasteiger partial charge in [0.15, 0.2) is 17.1 Å². The normalized spacial score (nSPS) is 21.8. The number of carbonyl (C=O) groups excluding carboxylic acids is 2. The molecule has 12 heteroatoms. The van der Waals surface area contributed by atoms with Crippen molar-refractivity contribution in [3.63, 3.8) is 0 Å². The van der Waals surface area contributed by atoms with Gasteiger partial charge in [-0.1, -0.05) is 11.6 Å². The Kier molecular flexibility index (Phi) is 3.88. The maximum absolute atomic E-state index is 12.9. The fourth-order valence-electron chi connectivity index (χ4n) is 2.35. The number of urea groups is 1. The molecule has 0 bridgehead atoms. The van der Waals surface area contributed by atoms with Crippen LogP contribution in [0.25, 0.3) is 5.65 Å². The number of pyridine rings is 1. The summed E-state index contributed by atoms with van der Waals surface area (Å²) in [6.45, 7) is 0.452. The highest BCUT2D eigenvalue weighted by molar-refractivity contribution is 6.33. The highest BCUT2D eigenvalue weighted by Crippen LogP contribution is 2.32. The zero-order valence-electron chi connectivity index (χ0n) is 12.6. The summed E-state index contributed by atoms with van der Waals surface area (Å²) in [5.74, 6) is -1.02. The number of rotatable bonds is 2. The van der Waals surface area contributed by atoms with Crippen molar-refractivity contribution < 1.29 is 27.9 Å². The Bertz CT molecular complexity index is 880. The molecule has 3 rings (SSSR count). The molecule has 2 aromatic rings. The van der Waals surface area contributed by atoms with E-state index in [0.717, 1.165) is 10.6 Å². The molecular formula is C13H11ClF3N5O3. The van der Waals surface area contributed by atoms with Crippen LogP contribution in [0, 0.1) is 0 Å². The van der Waals surface area contributed by atoms with Gasteiger partial charge in [0, 0.05) is 6.20 Å². The van der Waals surface area contributed by atoms with Crippen LogP contribution in [0.2, 0.25) is 5.02 Å². The molecule has 3 amide bonds. The molecule has 0 aromatic carbocycles. The summed E-state index contributed by atoms with van der Waals surface area (Å²) in [5, 5.41) is 19.4. The number of imide groups is 1. The first-order valence-electron chi connectivity index (χ1n) is 6.93. The van der Waals surface area contributed by atoms with Crippen LogP contribution in [0.15, 0.2) is 12.3 Å². The molecule has 0 aliphatic carbocycles. The van der Waals surface area contributed by atoms with E-state index in [2.05, 4.69) is 15.5 Å². The zero-order valence-corrected chi connectivity index (χ0v) is 13.4. The Morgan fingerprint density at radius 1 is 1.40 bits per heavy atom. The Balaban J connectivity index is 2.03. The van der Waals surface area contributed by atoms with Crippen LogP contribution < -0.4 is 5.32 Å². The van der Waals surface area contributed by atoms with Gasteiger partial charge in [-0.05, 0) is 13.0 Å². The first-order chi connectivity index (χ1) is 11.5. The SMILES string of the molecule is CC1(O)CNC(=O)N(Cc2nnc3c(Cl)cc(C(F)(F)F)cn23)C1=O. The van der Waals surface area contributed by atoms with Crippen molar-refractivity contribution in [2.75, 3.05) is 6.54 Å². The lowest BCUT2D eigenvalue weighted by Gasteiger charge is -2.34. The molecule has 134 valence electrons. The zero-order chi connectivity index (χ0) is 18.6. The number of amides is 3. The van der Waals surface area contributed by atoms with Gasteiger partial charge in [-0.2, -0.15) is 13.2 Å². The number of aromatic nitrogens is 3. The monoisotopic (exact) mass is 377 g/mol. The van der Waals surface area contributed by atoms with Crippen molar-refractivity contribution in [3.05, 3.63) is 28.7 Å². The quantitative estimate of drug-likeness (QED) is 0.819. The van der Waals surface area contributed by atoms with Gasteiger partial charge in [0.25, 0.3) is 5.91 Å². The molecule has 0 spiro atoms. The molecule has 1 atom stereocenters. The summed E-state index contributed by atoms with van der Waals surface area (Å²) < 4.78 is 39.8. The number of halogens is 4. The lowest BCUT2D eigenvalue weighted by molar-refractivity contribution is -0.149. The number of alkyl halides is 3. The molecular weight excluding hydrogens is 367 g/mol. The average molecular weight is 378 g/mol. The van der Waals surface area contributed by atoms with Crippen LogP contribution >= 0.6 is 11.6 Å². The standard InChI is InChI=1S/C13H11ClF3N5O3/c1-12(25)5-18-11(24)22(10(12)23)4-8-19-20-9-7(14)2-6(3-21(8)9)13(15,16)17/h2-3,25H,4-5H2,1H3,(H,18,24). The van der Waals surface area contributed by atoms with E-state index in [1.165, 1.54) is 6.92 Å². The summed E-state index contributed by atoms with van der Waals surface area (Å²) in [4.78, 5) is 24.7. The van der Waals surface area contributed by atoms with Gasteiger partial charge in [0.2, 0.25) is 0 Å². The first-order valence-corrected chi connectivity index (χ1v) is 7.31. The minimum atomic E-state index is -4.65. The molecule has 2 N–H and O–H groups in total. The molecule has 1 fully saturated rings. The molecule has 1 aliphatic heterocycles. The van der Waals surface area contributed by atoms with E-state index >= 15 is 0 Å². The van der Waals surface area contributed by atoms with Crippen LogP contribution in [-0.4, -0.2) is 48.7 Å². The Labute approximate surface area is 143 Å². The van der Waals surface area contributed by atoms with Gasteiger partial charge in [0.1, 0.15) is 0 Å². The molecule has 1 aliphatic rings. The average Bonchev–Trinajstić information content (AvgIpc) is 2.91. The van der Waals surface area contributed by atoms with E-state index in [9.17, 15) is 27.9 Å². The van der Waals surface area contributed by atoms with E-state index in [1.807, 2.05) is 0 Å². The third kappa shape index (κ3) is 3.00. The topological polar surface area (TPSA) is 99.8 Å². The number of aliphatic hydroxyl groups is 1. The summed E-state index contributed by atoms with van der Waals surface area (Å²) in [5.41, 5.74) is -2.92. The lowest BCUT2D eigenvalue weighted by atomic mass is 10.0. The van der Waals surface area contributed by atoms with Crippen molar-refractivity contribution in [3.8, 4) is 0 Å². The number of β-amino-alcohol motifs (C(OH)–C–C–N with tert-alkyl or cyclic N) is 1. The van der Waals surface area contributed by atoms with Gasteiger partial charge in [0.05, 0.1) is 23.7 Å². The van der Waals surface area contributed by atoms with Crippen LogP contribution in [0.3, 0.4) is 0 Å². The molecule has 1 unspecified atom stereocenters. The van der Waals surface area contributed by atoms with Crippen molar-refractivity contribution in [2.45, 2.75) is 25.2 Å². The predicted octanol–water partition coefficient (Wildman–Crippen LogP) is 1.20. The number of nitrogens with zero attached hydrogens (tertiary/aromatic N) is 4. The number of nitrogens with one attached hydrogen (secondary N) is 1. The maximum Gasteiger partial charge on any atom is 0.417 e. The molecule has 0 saturated carbocycles. The number of fused-ring (bicyclic) bond motifs is 1. The predicted molar refractivity (Wildman–Crippen MR) is 77.6 cm³/mol. The second kappa shape index (κ2) is 5.56.